The lowest BCUT2D eigenvalue weighted by Gasteiger charge is -2.25. The lowest BCUT2D eigenvalue weighted by Crippen LogP contribution is -2.30. The van der Waals surface area contributed by atoms with E-state index in [2.05, 4.69) is 9.72 Å². The number of pyridine rings is 1. The molecule has 2 aromatic carbocycles. The van der Waals surface area contributed by atoms with Crippen LogP contribution < -0.4 is 9.64 Å². The Morgan fingerprint density at radius 1 is 1.06 bits per heavy atom. The molecule has 1 aliphatic rings. The molecule has 34 heavy (non-hydrogen) atoms. The number of anilines is 1. The molecule has 6 nitrogen and oxygen atoms in total. The molecule has 1 fully saturated rings. The molecule has 1 N–H and O–H groups in total. The Bertz CT molecular complexity index is 1310. The minimum absolute atomic E-state index is 0.0751. The number of carbonyl (C=O) groups excluding carboxylic acids is 2. The first-order chi connectivity index (χ1) is 16.1. The zero-order chi connectivity index (χ0) is 24.6. The van der Waals surface area contributed by atoms with Crippen molar-refractivity contribution in [3.8, 4) is 5.75 Å². The van der Waals surface area contributed by atoms with E-state index >= 15 is 0 Å². The van der Waals surface area contributed by atoms with Crippen molar-refractivity contribution in [1.82, 2.24) is 4.98 Å². The van der Waals surface area contributed by atoms with Crippen LogP contribution in [0.2, 0.25) is 0 Å². The number of ether oxygens (including phenoxy) is 1. The molecule has 3 aromatic rings. The average molecular weight is 472 g/mol. The Balaban J connectivity index is 1.90. The number of nitrogens with zero attached hydrogens (tertiary/aromatic N) is 2. The normalized spacial score (nSPS) is 17.8. The van der Waals surface area contributed by atoms with Gasteiger partial charge in [0.1, 0.15) is 23.4 Å². The number of aryl methyl sites for hydroxylation is 1. The summed E-state index contributed by atoms with van der Waals surface area (Å²) >= 11 is 0. The summed E-state index contributed by atoms with van der Waals surface area (Å²) in [6.45, 7) is 1.47. The van der Waals surface area contributed by atoms with Crippen molar-refractivity contribution in [1.29, 1.82) is 0 Å². The summed E-state index contributed by atoms with van der Waals surface area (Å²) in [6, 6.07) is 11.7. The first-order valence-electron chi connectivity index (χ1n) is 9.91. The third-order valence-corrected chi connectivity index (χ3v) is 5.17. The number of ketones is 1. The molecule has 0 saturated carbocycles. The lowest BCUT2D eigenvalue weighted by atomic mass is 9.97. The summed E-state index contributed by atoms with van der Waals surface area (Å²) in [5.41, 5.74) is 0.0616. The fourth-order valence-electron chi connectivity index (χ4n) is 3.69. The van der Waals surface area contributed by atoms with Gasteiger partial charge in [-0.1, -0.05) is 12.1 Å². The van der Waals surface area contributed by atoms with Gasteiger partial charge in [0.25, 0.3) is 11.7 Å². The summed E-state index contributed by atoms with van der Waals surface area (Å²) < 4.78 is 55.8. The number of carbonyl (C=O) groups is 2. The van der Waals surface area contributed by atoms with Gasteiger partial charge in [0, 0.05) is 23.5 Å². The van der Waals surface area contributed by atoms with Crippen LogP contribution in [0.25, 0.3) is 5.76 Å². The highest BCUT2D eigenvalue weighted by atomic mass is 19.4. The molecule has 1 unspecified atom stereocenters. The molecule has 2 heterocycles. The first-order valence-corrected chi connectivity index (χ1v) is 9.91. The van der Waals surface area contributed by atoms with Crippen LogP contribution in [-0.2, 0) is 9.59 Å². The van der Waals surface area contributed by atoms with Gasteiger partial charge in [-0.05, 0) is 55.0 Å². The number of amides is 1. The van der Waals surface area contributed by atoms with Gasteiger partial charge in [-0.3, -0.25) is 19.5 Å². The predicted octanol–water partition coefficient (Wildman–Crippen LogP) is 5.05. The minimum Gasteiger partial charge on any atom is -0.507 e. The number of aliphatic hydroxyl groups excluding tert-OH is 1. The van der Waals surface area contributed by atoms with Crippen LogP contribution in [0, 0.1) is 12.7 Å². The standard InChI is InChI=1S/C24H16F4N2O4/c1-13-11-14(8-9-17(13)25)21(31)19-20(18-7-2-3-10-29-18)30(23(33)22(19)32)15-5-4-6-16(12-15)34-24(26,27)28/h2-12,20,31H,1H3/b21-19+. The Morgan fingerprint density at radius 3 is 2.47 bits per heavy atom. The van der Waals surface area contributed by atoms with Crippen molar-refractivity contribution in [2.45, 2.75) is 19.3 Å². The van der Waals surface area contributed by atoms with Crippen LogP contribution in [0.15, 0.2) is 72.4 Å². The number of alkyl halides is 3. The maximum Gasteiger partial charge on any atom is 0.573 e. The van der Waals surface area contributed by atoms with Gasteiger partial charge in [-0.2, -0.15) is 0 Å². The Morgan fingerprint density at radius 2 is 1.82 bits per heavy atom. The summed E-state index contributed by atoms with van der Waals surface area (Å²) in [5.74, 6) is -3.85. The van der Waals surface area contributed by atoms with Crippen LogP contribution >= 0.6 is 0 Å². The molecule has 1 amide bonds. The second kappa shape index (κ2) is 8.62. The second-order valence-corrected chi connectivity index (χ2v) is 7.43. The van der Waals surface area contributed by atoms with Gasteiger partial charge < -0.3 is 9.84 Å². The highest BCUT2D eigenvalue weighted by Crippen LogP contribution is 2.42. The quantitative estimate of drug-likeness (QED) is 0.249. The highest BCUT2D eigenvalue weighted by molar-refractivity contribution is 6.51. The van der Waals surface area contributed by atoms with Crippen LogP contribution in [0.1, 0.15) is 22.9 Å². The maximum atomic E-state index is 13.7. The van der Waals surface area contributed by atoms with E-state index in [0.29, 0.717) is 0 Å². The van der Waals surface area contributed by atoms with E-state index in [0.717, 1.165) is 23.1 Å². The molecule has 0 spiro atoms. The van der Waals surface area contributed by atoms with Crippen molar-refractivity contribution in [2.75, 3.05) is 4.90 Å². The molecule has 4 rings (SSSR count). The van der Waals surface area contributed by atoms with Crippen LogP contribution in [0.3, 0.4) is 0 Å². The Hall–Kier alpha value is -4.21. The van der Waals surface area contributed by atoms with E-state index in [9.17, 15) is 32.3 Å². The molecule has 1 saturated heterocycles. The number of hydrogen-bond acceptors (Lipinski definition) is 5. The van der Waals surface area contributed by atoms with Crippen LogP contribution in [-0.4, -0.2) is 28.1 Å². The fraction of sp³-hybridized carbons (Fsp3) is 0.125. The zero-order valence-electron chi connectivity index (χ0n) is 17.5. The monoisotopic (exact) mass is 472 g/mol. The van der Waals surface area contributed by atoms with Crippen molar-refractivity contribution < 1.29 is 37.0 Å². The number of aliphatic hydroxyl groups is 1. The summed E-state index contributed by atoms with van der Waals surface area (Å²) in [4.78, 5) is 31.2. The average Bonchev–Trinajstić information content (AvgIpc) is 3.05. The smallest absolute Gasteiger partial charge is 0.507 e. The number of benzene rings is 2. The Labute approximate surface area is 190 Å². The van der Waals surface area contributed by atoms with Crippen molar-refractivity contribution in [3.63, 3.8) is 0 Å². The largest absolute Gasteiger partial charge is 0.573 e. The van der Waals surface area contributed by atoms with Crippen molar-refractivity contribution in [3.05, 3.63) is 95.1 Å². The number of rotatable bonds is 4. The van der Waals surface area contributed by atoms with Crippen molar-refractivity contribution >= 4 is 23.1 Å². The zero-order valence-corrected chi connectivity index (χ0v) is 17.5. The summed E-state index contributed by atoms with van der Waals surface area (Å²) in [6.07, 6.45) is -3.56. The summed E-state index contributed by atoms with van der Waals surface area (Å²) in [7, 11) is 0. The highest BCUT2D eigenvalue weighted by Gasteiger charge is 2.47. The lowest BCUT2D eigenvalue weighted by molar-refractivity contribution is -0.274. The molecular formula is C24H16F4N2O4. The predicted molar refractivity (Wildman–Crippen MR) is 113 cm³/mol. The molecule has 0 radical (unpaired) electrons. The van der Waals surface area contributed by atoms with E-state index in [-0.39, 0.29) is 28.1 Å². The molecule has 0 bridgehead atoms. The number of halogens is 4. The number of aromatic nitrogens is 1. The first kappa shape index (κ1) is 23.0. The SMILES string of the molecule is Cc1cc(/C(O)=C2\C(=O)C(=O)N(c3cccc(OC(F)(F)F)c3)C2c2ccccn2)ccc1F. The van der Waals surface area contributed by atoms with Gasteiger partial charge in [0.2, 0.25) is 0 Å². The van der Waals surface area contributed by atoms with Crippen LogP contribution in [0.5, 0.6) is 5.75 Å². The van der Waals surface area contributed by atoms with Gasteiger partial charge >= 0.3 is 6.36 Å². The van der Waals surface area contributed by atoms with Gasteiger partial charge in [-0.25, -0.2) is 4.39 Å². The molecule has 1 aromatic heterocycles. The number of hydrogen-bond donors (Lipinski definition) is 1. The fourth-order valence-corrected chi connectivity index (χ4v) is 3.69. The molecule has 0 aliphatic carbocycles. The molecular weight excluding hydrogens is 456 g/mol. The van der Waals surface area contributed by atoms with E-state index < -0.39 is 41.4 Å². The Kier molecular flexibility index (Phi) is 5.82. The third-order valence-electron chi connectivity index (χ3n) is 5.17. The van der Waals surface area contributed by atoms with Crippen LogP contribution in [0.4, 0.5) is 23.2 Å². The van der Waals surface area contributed by atoms with Gasteiger partial charge in [0.05, 0.1) is 11.3 Å². The molecule has 1 aliphatic heterocycles. The van der Waals surface area contributed by atoms with Gasteiger partial charge in [0.15, 0.2) is 0 Å². The van der Waals surface area contributed by atoms with E-state index in [1.165, 1.54) is 43.5 Å². The maximum absolute atomic E-state index is 13.7. The second-order valence-electron chi connectivity index (χ2n) is 7.43. The topological polar surface area (TPSA) is 79.7 Å². The number of Topliss-reactive ketones (excluding diaryl/α,β-unsaturated/α-hetero) is 1. The van der Waals surface area contributed by atoms with Crippen molar-refractivity contribution in [2.24, 2.45) is 0 Å². The minimum atomic E-state index is -4.96. The molecule has 1 atom stereocenters. The third kappa shape index (κ3) is 4.34. The van der Waals surface area contributed by atoms with E-state index in [1.807, 2.05) is 0 Å². The van der Waals surface area contributed by atoms with E-state index in [1.54, 1.807) is 12.1 Å². The molecule has 174 valence electrons. The summed E-state index contributed by atoms with van der Waals surface area (Å²) in [5, 5.41) is 11.0. The molecule has 10 heteroatoms. The van der Waals surface area contributed by atoms with E-state index in [4.69, 9.17) is 0 Å². The van der Waals surface area contributed by atoms with Gasteiger partial charge in [-0.15, -0.1) is 13.2 Å².